The molecule has 1 amide bonds. The monoisotopic (exact) mass is 227 g/mol. The summed E-state index contributed by atoms with van der Waals surface area (Å²) >= 11 is 0. The van der Waals surface area contributed by atoms with Crippen molar-refractivity contribution in [2.75, 3.05) is 33.2 Å². The van der Waals surface area contributed by atoms with E-state index >= 15 is 0 Å². The second kappa shape index (κ2) is 6.86. The molecule has 1 saturated carbocycles. The lowest BCUT2D eigenvalue weighted by Gasteiger charge is -2.19. The summed E-state index contributed by atoms with van der Waals surface area (Å²) in [7, 11) is 2.06. The summed E-state index contributed by atoms with van der Waals surface area (Å²) in [6, 6.07) is 0. The van der Waals surface area contributed by atoms with Crippen LogP contribution in [0.15, 0.2) is 0 Å². The van der Waals surface area contributed by atoms with Gasteiger partial charge >= 0.3 is 0 Å². The van der Waals surface area contributed by atoms with E-state index in [-0.39, 0.29) is 11.8 Å². The molecule has 0 aliphatic heterocycles. The minimum Gasteiger partial charge on any atom is -0.355 e. The molecule has 94 valence electrons. The summed E-state index contributed by atoms with van der Waals surface area (Å²) in [5.41, 5.74) is 5.67. The average Bonchev–Trinajstić information content (AvgIpc) is 2.76. The fourth-order valence-corrected chi connectivity index (χ4v) is 2.32. The Labute approximate surface area is 98.6 Å². The largest absolute Gasteiger partial charge is 0.355 e. The predicted molar refractivity (Wildman–Crippen MR) is 66.1 cm³/mol. The van der Waals surface area contributed by atoms with Gasteiger partial charge in [0.25, 0.3) is 0 Å². The average molecular weight is 227 g/mol. The first-order chi connectivity index (χ1) is 7.69. The van der Waals surface area contributed by atoms with Crippen LogP contribution >= 0.6 is 0 Å². The molecule has 0 radical (unpaired) electrons. The van der Waals surface area contributed by atoms with Crippen molar-refractivity contribution in [1.29, 1.82) is 0 Å². The van der Waals surface area contributed by atoms with Crippen LogP contribution in [0.2, 0.25) is 0 Å². The van der Waals surface area contributed by atoms with Crippen LogP contribution in [0.5, 0.6) is 0 Å². The van der Waals surface area contributed by atoms with E-state index in [1.165, 1.54) is 0 Å². The van der Waals surface area contributed by atoms with Crippen LogP contribution in [0.3, 0.4) is 0 Å². The molecule has 0 aromatic rings. The molecule has 1 fully saturated rings. The second-order valence-corrected chi connectivity index (χ2v) is 4.72. The van der Waals surface area contributed by atoms with E-state index in [2.05, 4.69) is 24.2 Å². The van der Waals surface area contributed by atoms with Gasteiger partial charge in [-0.3, -0.25) is 4.79 Å². The van der Waals surface area contributed by atoms with Crippen LogP contribution in [0, 0.1) is 11.8 Å². The molecule has 0 heterocycles. The van der Waals surface area contributed by atoms with Crippen LogP contribution in [0.1, 0.15) is 26.2 Å². The molecular formula is C12H25N3O. The summed E-state index contributed by atoms with van der Waals surface area (Å²) < 4.78 is 0. The van der Waals surface area contributed by atoms with Crippen molar-refractivity contribution in [1.82, 2.24) is 10.2 Å². The first-order valence-corrected chi connectivity index (χ1v) is 6.35. The smallest absolute Gasteiger partial charge is 0.223 e. The zero-order valence-electron chi connectivity index (χ0n) is 10.5. The van der Waals surface area contributed by atoms with Crippen LogP contribution in [-0.2, 0) is 4.79 Å². The lowest BCUT2D eigenvalue weighted by Crippen LogP contribution is -2.38. The Morgan fingerprint density at radius 2 is 2.25 bits per heavy atom. The summed E-state index contributed by atoms with van der Waals surface area (Å²) in [5, 5.41) is 3.02. The fraction of sp³-hybridized carbons (Fsp3) is 0.917. The van der Waals surface area contributed by atoms with Gasteiger partial charge in [-0.1, -0.05) is 13.3 Å². The number of hydrogen-bond acceptors (Lipinski definition) is 3. The molecule has 4 nitrogen and oxygen atoms in total. The van der Waals surface area contributed by atoms with Gasteiger partial charge in [-0.15, -0.1) is 0 Å². The van der Waals surface area contributed by atoms with Crippen LogP contribution < -0.4 is 11.1 Å². The maximum absolute atomic E-state index is 11.9. The van der Waals surface area contributed by atoms with Crippen molar-refractivity contribution >= 4 is 5.91 Å². The number of hydrogen-bond donors (Lipinski definition) is 2. The zero-order chi connectivity index (χ0) is 12.0. The predicted octanol–water partition coefficient (Wildman–Crippen LogP) is 0.429. The third-order valence-electron chi connectivity index (χ3n) is 3.63. The summed E-state index contributed by atoms with van der Waals surface area (Å²) in [4.78, 5) is 14.1. The lowest BCUT2D eigenvalue weighted by molar-refractivity contribution is -0.126. The molecular weight excluding hydrogens is 202 g/mol. The van der Waals surface area contributed by atoms with E-state index in [0.29, 0.717) is 12.5 Å². The van der Waals surface area contributed by atoms with Crippen molar-refractivity contribution in [3.05, 3.63) is 0 Å². The molecule has 16 heavy (non-hydrogen) atoms. The van der Waals surface area contributed by atoms with Gasteiger partial charge in [-0.25, -0.2) is 0 Å². The summed E-state index contributed by atoms with van der Waals surface area (Å²) in [6.45, 7) is 5.44. The topological polar surface area (TPSA) is 58.4 Å². The Balaban J connectivity index is 2.24. The number of rotatable bonds is 6. The SMILES string of the molecule is CCN(C)CCNC(=O)C1CCCC1CN. The highest BCUT2D eigenvalue weighted by molar-refractivity contribution is 5.79. The first-order valence-electron chi connectivity index (χ1n) is 6.35. The molecule has 2 unspecified atom stereocenters. The molecule has 2 atom stereocenters. The van der Waals surface area contributed by atoms with Gasteiger partial charge in [0.2, 0.25) is 5.91 Å². The molecule has 3 N–H and O–H groups in total. The van der Waals surface area contributed by atoms with Crippen LogP contribution in [0.4, 0.5) is 0 Å². The minimum absolute atomic E-state index is 0.164. The van der Waals surface area contributed by atoms with Crippen molar-refractivity contribution < 1.29 is 4.79 Å². The van der Waals surface area contributed by atoms with Gasteiger partial charge in [0.1, 0.15) is 0 Å². The molecule has 0 saturated heterocycles. The van der Waals surface area contributed by atoms with Crippen molar-refractivity contribution in [2.24, 2.45) is 17.6 Å². The molecule has 0 aromatic carbocycles. The third-order valence-corrected chi connectivity index (χ3v) is 3.63. The van der Waals surface area contributed by atoms with E-state index in [1.54, 1.807) is 0 Å². The standard InChI is InChI=1S/C12H25N3O/c1-3-15(2)8-7-14-12(16)11-6-4-5-10(11)9-13/h10-11H,3-9,13H2,1-2H3,(H,14,16). The molecule has 1 aliphatic rings. The Morgan fingerprint density at radius 3 is 2.88 bits per heavy atom. The highest BCUT2D eigenvalue weighted by atomic mass is 16.1. The van der Waals surface area contributed by atoms with E-state index in [1.807, 2.05) is 0 Å². The van der Waals surface area contributed by atoms with Crippen LogP contribution in [-0.4, -0.2) is 44.0 Å². The van der Waals surface area contributed by atoms with Crippen molar-refractivity contribution in [2.45, 2.75) is 26.2 Å². The van der Waals surface area contributed by atoms with Crippen LogP contribution in [0.25, 0.3) is 0 Å². The zero-order valence-corrected chi connectivity index (χ0v) is 10.5. The third kappa shape index (κ3) is 3.76. The Morgan fingerprint density at radius 1 is 1.50 bits per heavy atom. The number of amides is 1. The Bertz CT molecular complexity index is 220. The second-order valence-electron chi connectivity index (χ2n) is 4.72. The molecule has 1 rings (SSSR count). The number of nitrogens with two attached hydrogens (primary N) is 1. The number of nitrogens with one attached hydrogen (secondary N) is 1. The van der Waals surface area contributed by atoms with Gasteiger partial charge in [0.15, 0.2) is 0 Å². The number of carbonyl (C=O) groups excluding carboxylic acids is 1. The van der Waals surface area contributed by atoms with Gasteiger partial charge in [-0.2, -0.15) is 0 Å². The minimum atomic E-state index is 0.164. The van der Waals surface area contributed by atoms with E-state index in [9.17, 15) is 4.79 Å². The number of nitrogens with zero attached hydrogens (tertiary/aromatic N) is 1. The first kappa shape index (κ1) is 13.5. The number of carbonyl (C=O) groups is 1. The van der Waals surface area contributed by atoms with E-state index in [0.717, 1.165) is 38.9 Å². The van der Waals surface area contributed by atoms with Gasteiger partial charge < -0.3 is 16.0 Å². The fourth-order valence-electron chi connectivity index (χ4n) is 2.32. The summed E-state index contributed by atoms with van der Waals surface area (Å²) in [5.74, 6) is 0.776. The van der Waals surface area contributed by atoms with E-state index in [4.69, 9.17) is 5.73 Å². The highest BCUT2D eigenvalue weighted by Crippen LogP contribution is 2.30. The van der Waals surface area contributed by atoms with Crippen molar-refractivity contribution in [3.63, 3.8) is 0 Å². The number of likely N-dealkylation sites (N-methyl/N-ethyl adjacent to an activating group) is 1. The van der Waals surface area contributed by atoms with Gasteiger partial charge in [0.05, 0.1) is 0 Å². The molecule has 4 heteroatoms. The maximum Gasteiger partial charge on any atom is 0.223 e. The molecule has 0 spiro atoms. The molecule has 0 bridgehead atoms. The van der Waals surface area contributed by atoms with Crippen molar-refractivity contribution in [3.8, 4) is 0 Å². The highest BCUT2D eigenvalue weighted by Gasteiger charge is 2.31. The maximum atomic E-state index is 11.9. The Hall–Kier alpha value is -0.610. The summed E-state index contributed by atoms with van der Waals surface area (Å²) in [6.07, 6.45) is 3.27. The Kier molecular flexibility index (Phi) is 5.77. The lowest BCUT2D eigenvalue weighted by atomic mass is 9.95. The molecule has 1 aliphatic carbocycles. The van der Waals surface area contributed by atoms with Gasteiger partial charge in [-0.05, 0) is 38.9 Å². The normalized spacial score (nSPS) is 25.0. The quantitative estimate of drug-likeness (QED) is 0.692. The molecule has 0 aromatic heterocycles. The van der Waals surface area contributed by atoms with Gasteiger partial charge in [0, 0.05) is 19.0 Å². The van der Waals surface area contributed by atoms with E-state index < -0.39 is 0 Å².